The first kappa shape index (κ1) is 17.1. The third kappa shape index (κ3) is 2.85. The van der Waals surface area contributed by atoms with Gasteiger partial charge in [0.25, 0.3) is 0 Å². The molecule has 8 nitrogen and oxygen atoms in total. The van der Waals surface area contributed by atoms with E-state index < -0.39 is 0 Å². The Morgan fingerprint density at radius 2 is 2.24 bits per heavy atom. The molecule has 1 aliphatic rings. The molecule has 6 heterocycles. The van der Waals surface area contributed by atoms with Crippen LogP contribution >= 0.6 is 22.9 Å². The number of nitrogens with zero attached hydrogens (tertiary/aromatic N) is 7. The molecule has 1 aliphatic heterocycles. The second-order valence-corrected chi connectivity index (χ2v) is 8.76. The standard InChI is InChI=1S/C19H16ClN7OS/c1-25-5-4-13-15(9-25)29-19-16(13)18-23-17(24-27(18)10-21-19)14-3-2-12(28-14)8-26-7-11(20)6-22-26/h2-3,6-7,10H,4-5,8-9H2,1H3. The number of halogens is 1. The van der Waals surface area contributed by atoms with Gasteiger partial charge in [-0.2, -0.15) is 5.10 Å². The van der Waals surface area contributed by atoms with Gasteiger partial charge in [-0.25, -0.2) is 14.5 Å². The molecule has 0 radical (unpaired) electrons. The molecule has 0 aromatic carbocycles. The summed E-state index contributed by atoms with van der Waals surface area (Å²) < 4.78 is 9.44. The van der Waals surface area contributed by atoms with Gasteiger partial charge in [-0.3, -0.25) is 4.68 Å². The zero-order chi connectivity index (χ0) is 19.5. The van der Waals surface area contributed by atoms with E-state index in [1.165, 1.54) is 10.4 Å². The molecule has 0 atom stereocenters. The van der Waals surface area contributed by atoms with Gasteiger partial charge in [-0.15, -0.1) is 16.4 Å². The molecule has 0 spiro atoms. The predicted molar refractivity (Wildman–Crippen MR) is 110 cm³/mol. The number of fused-ring (bicyclic) bond motifs is 5. The van der Waals surface area contributed by atoms with Crippen LogP contribution in [0.5, 0.6) is 0 Å². The molecule has 0 unspecified atom stereocenters. The van der Waals surface area contributed by atoms with Crippen LogP contribution in [0, 0.1) is 0 Å². The van der Waals surface area contributed by atoms with E-state index in [1.54, 1.807) is 39.3 Å². The molecule has 10 heteroatoms. The Labute approximate surface area is 174 Å². The van der Waals surface area contributed by atoms with Crippen LogP contribution in [0.15, 0.2) is 35.3 Å². The van der Waals surface area contributed by atoms with Crippen molar-refractivity contribution >= 4 is 38.8 Å². The van der Waals surface area contributed by atoms with Crippen molar-refractivity contribution in [3.05, 3.63) is 52.1 Å². The Hall–Kier alpha value is -2.75. The highest BCUT2D eigenvalue weighted by molar-refractivity contribution is 7.19. The lowest BCUT2D eigenvalue weighted by Crippen LogP contribution is -2.25. The number of hydrogen-bond acceptors (Lipinski definition) is 7. The number of thiophene rings is 1. The molecule has 0 amide bonds. The second-order valence-electron chi connectivity index (χ2n) is 7.24. The monoisotopic (exact) mass is 425 g/mol. The highest BCUT2D eigenvalue weighted by atomic mass is 35.5. The van der Waals surface area contributed by atoms with Gasteiger partial charge in [0.05, 0.1) is 23.2 Å². The Morgan fingerprint density at radius 1 is 1.31 bits per heavy atom. The summed E-state index contributed by atoms with van der Waals surface area (Å²) in [6.45, 7) is 2.50. The quantitative estimate of drug-likeness (QED) is 0.440. The molecule has 0 aliphatic carbocycles. The topological polar surface area (TPSA) is 77.3 Å². The fourth-order valence-electron chi connectivity index (χ4n) is 3.79. The first-order valence-corrected chi connectivity index (χ1v) is 10.4. The number of aromatic nitrogens is 6. The van der Waals surface area contributed by atoms with Gasteiger partial charge in [0.2, 0.25) is 5.82 Å². The molecule has 6 rings (SSSR count). The maximum atomic E-state index is 5.97. The van der Waals surface area contributed by atoms with Crippen LogP contribution in [0.2, 0.25) is 5.02 Å². The predicted octanol–water partition coefficient (Wildman–Crippen LogP) is 3.49. The molecular formula is C19H16ClN7OS. The van der Waals surface area contributed by atoms with Crippen molar-refractivity contribution in [1.82, 2.24) is 34.3 Å². The third-order valence-corrected chi connectivity index (χ3v) is 6.49. The molecule has 0 saturated carbocycles. The van der Waals surface area contributed by atoms with Gasteiger partial charge in [0, 0.05) is 24.2 Å². The van der Waals surface area contributed by atoms with E-state index in [4.69, 9.17) is 21.0 Å². The first-order valence-electron chi connectivity index (χ1n) is 9.25. The summed E-state index contributed by atoms with van der Waals surface area (Å²) in [5, 5.41) is 10.5. The summed E-state index contributed by atoms with van der Waals surface area (Å²) in [4.78, 5) is 14.1. The van der Waals surface area contributed by atoms with Gasteiger partial charge in [0.15, 0.2) is 11.4 Å². The van der Waals surface area contributed by atoms with Crippen molar-refractivity contribution in [1.29, 1.82) is 0 Å². The van der Waals surface area contributed by atoms with Crippen LogP contribution in [0.3, 0.4) is 0 Å². The second kappa shape index (κ2) is 6.38. The zero-order valence-electron chi connectivity index (χ0n) is 15.5. The fourth-order valence-corrected chi connectivity index (χ4v) is 5.21. The summed E-state index contributed by atoms with van der Waals surface area (Å²) >= 11 is 7.68. The maximum Gasteiger partial charge on any atom is 0.217 e. The van der Waals surface area contributed by atoms with E-state index >= 15 is 0 Å². The van der Waals surface area contributed by atoms with E-state index in [0.717, 1.165) is 41.1 Å². The van der Waals surface area contributed by atoms with E-state index in [0.29, 0.717) is 23.2 Å². The fraction of sp³-hybridized carbons (Fsp3) is 0.263. The van der Waals surface area contributed by atoms with Gasteiger partial charge in [-0.1, -0.05) is 11.6 Å². The zero-order valence-corrected chi connectivity index (χ0v) is 17.1. The van der Waals surface area contributed by atoms with Crippen molar-refractivity contribution in [3.63, 3.8) is 0 Å². The van der Waals surface area contributed by atoms with Crippen molar-refractivity contribution in [3.8, 4) is 11.6 Å². The number of rotatable bonds is 3. The molecule has 146 valence electrons. The van der Waals surface area contributed by atoms with Crippen LogP contribution in [0.1, 0.15) is 16.2 Å². The van der Waals surface area contributed by atoms with E-state index in [2.05, 4.69) is 27.1 Å². The normalized spacial score (nSPS) is 14.8. The van der Waals surface area contributed by atoms with Gasteiger partial charge >= 0.3 is 0 Å². The SMILES string of the molecule is CN1CCc2c(sc3ncn4nc(-c5ccc(Cn6cc(Cl)cn6)o5)nc4c23)C1. The van der Waals surface area contributed by atoms with Crippen molar-refractivity contribution < 1.29 is 4.42 Å². The van der Waals surface area contributed by atoms with Gasteiger partial charge in [-0.05, 0) is 31.2 Å². The van der Waals surface area contributed by atoms with Crippen LogP contribution in [-0.4, -0.2) is 47.9 Å². The van der Waals surface area contributed by atoms with E-state index in [9.17, 15) is 0 Å². The number of hydrogen-bond donors (Lipinski definition) is 0. The van der Waals surface area contributed by atoms with Gasteiger partial charge < -0.3 is 9.32 Å². The highest BCUT2D eigenvalue weighted by Gasteiger charge is 2.23. The lowest BCUT2D eigenvalue weighted by atomic mass is 10.1. The molecule has 29 heavy (non-hydrogen) atoms. The Balaban J connectivity index is 1.41. The van der Waals surface area contributed by atoms with Crippen molar-refractivity contribution in [2.45, 2.75) is 19.5 Å². The minimum absolute atomic E-state index is 0.497. The lowest BCUT2D eigenvalue weighted by Gasteiger charge is -2.21. The van der Waals surface area contributed by atoms with Crippen molar-refractivity contribution in [2.75, 3.05) is 13.6 Å². The Bertz CT molecular complexity index is 1360. The lowest BCUT2D eigenvalue weighted by molar-refractivity contribution is 0.318. The first-order chi connectivity index (χ1) is 14.1. The summed E-state index contributed by atoms with van der Waals surface area (Å²) in [6.07, 6.45) is 6.10. The summed E-state index contributed by atoms with van der Waals surface area (Å²) in [6, 6.07) is 3.80. The molecular weight excluding hydrogens is 410 g/mol. The molecule has 0 fully saturated rings. The van der Waals surface area contributed by atoms with Crippen LogP contribution in [0.25, 0.3) is 27.4 Å². The summed E-state index contributed by atoms with van der Waals surface area (Å²) in [5.74, 6) is 1.94. The number of furan rings is 1. The van der Waals surface area contributed by atoms with E-state index in [-0.39, 0.29) is 0 Å². The average Bonchev–Trinajstić information content (AvgIpc) is 3.45. The number of likely N-dealkylation sites (N-methyl/N-ethyl adjacent to an activating group) is 1. The summed E-state index contributed by atoms with van der Waals surface area (Å²) in [5.41, 5.74) is 2.19. The largest absolute Gasteiger partial charge is 0.456 e. The van der Waals surface area contributed by atoms with Crippen molar-refractivity contribution in [2.24, 2.45) is 0 Å². The third-order valence-electron chi connectivity index (χ3n) is 5.17. The van der Waals surface area contributed by atoms with Crippen LogP contribution in [-0.2, 0) is 19.5 Å². The van der Waals surface area contributed by atoms with E-state index in [1.807, 2.05) is 12.1 Å². The highest BCUT2D eigenvalue weighted by Crippen LogP contribution is 2.36. The Kier molecular flexibility index (Phi) is 3.77. The maximum absolute atomic E-state index is 5.97. The Morgan fingerprint density at radius 3 is 3.10 bits per heavy atom. The molecule has 5 aromatic rings. The minimum Gasteiger partial charge on any atom is -0.456 e. The molecule has 0 N–H and O–H groups in total. The smallest absolute Gasteiger partial charge is 0.217 e. The van der Waals surface area contributed by atoms with Gasteiger partial charge in [0.1, 0.15) is 16.9 Å². The molecule has 0 bridgehead atoms. The molecule has 0 saturated heterocycles. The van der Waals surface area contributed by atoms with Crippen LogP contribution < -0.4 is 0 Å². The summed E-state index contributed by atoms with van der Waals surface area (Å²) in [7, 11) is 2.15. The average molecular weight is 426 g/mol. The minimum atomic E-state index is 0.497. The molecule has 5 aromatic heterocycles. The van der Waals surface area contributed by atoms with Crippen LogP contribution in [0.4, 0.5) is 0 Å².